The maximum atomic E-state index is 5.49. The quantitative estimate of drug-likeness (QED) is 0.694. The molecule has 0 amide bonds. The van der Waals surface area contributed by atoms with Gasteiger partial charge in [0.25, 0.3) is 0 Å². The molecule has 2 aliphatic rings. The van der Waals surface area contributed by atoms with Crippen molar-refractivity contribution in [2.24, 2.45) is 0 Å². The van der Waals surface area contributed by atoms with Crippen LogP contribution in [-0.4, -0.2) is 40.8 Å². The molecular weight excluding hydrogens is 346 g/mol. The number of aromatic nitrogens is 3. The summed E-state index contributed by atoms with van der Waals surface area (Å²) in [5, 5.41) is 2.18. The van der Waals surface area contributed by atoms with E-state index in [0.717, 1.165) is 42.7 Å². The summed E-state index contributed by atoms with van der Waals surface area (Å²) >= 11 is 1.56. The molecule has 1 aromatic carbocycles. The zero-order chi connectivity index (χ0) is 17.3. The maximum absolute atomic E-state index is 5.49. The first-order chi connectivity index (χ1) is 12.9. The van der Waals surface area contributed by atoms with Crippen molar-refractivity contribution < 1.29 is 4.74 Å². The van der Waals surface area contributed by atoms with Crippen LogP contribution in [0.1, 0.15) is 18.9 Å². The van der Waals surface area contributed by atoms with Crippen LogP contribution in [0.4, 0.5) is 11.4 Å². The van der Waals surface area contributed by atoms with Gasteiger partial charge in [-0.2, -0.15) is 0 Å². The van der Waals surface area contributed by atoms with Crippen molar-refractivity contribution in [1.82, 2.24) is 14.5 Å². The Morgan fingerprint density at radius 3 is 2.81 bits per heavy atom. The van der Waals surface area contributed by atoms with Crippen molar-refractivity contribution in [3.63, 3.8) is 0 Å². The standard InChI is InChI=1S/C19H21N5OS/c1-2-15-17(23-10-12-25-13-11-23)6-5-16(18(15)20-7-1)22-26-19-21-8-9-24(19)14-3-4-14/h1-2,5-9,14,22H,3-4,10-13H2. The van der Waals surface area contributed by atoms with Crippen molar-refractivity contribution in [1.29, 1.82) is 0 Å². The lowest BCUT2D eigenvalue weighted by molar-refractivity contribution is 0.123. The normalized spacial score (nSPS) is 17.6. The van der Waals surface area contributed by atoms with Crippen molar-refractivity contribution in [3.05, 3.63) is 42.9 Å². The number of anilines is 2. The van der Waals surface area contributed by atoms with Gasteiger partial charge >= 0.3 is 0 Å². The average Bonchev–Trinajstić information content (AvgIpc) is 3.44. The van der Waals surface area contributed by atoms with Crippen LogP contribution in [0.3, 0.4) is 0 Å². The largest absolute Gasteiger partial charge is 0.378 e. The number of morpholine rings is 1. The molecule has 3 heterocycles. The Hall–Kier alpha value is -2.25. The molecule has 6 nitrogen and oxygen atoms in total. The number of rotatable bonds is 5. The molecule has 134 valence electrons. The molecule has 3 aromatic rings. The predicted molar refractivity (Wildman–Crippen MR) is 105 cm³/mol. The van der Waals surface area contributed by atoms with Gasteiger partial charge in [0.15, 0.2) is 5.16 Å². The number of hydrogen-bond acceptors (Lipinski definition) is 6. The number of nitrogens with zero attached hydrogens (tertiary/aromatic N) is 4. The van der Waals surface area contributed by atoms with Gasteiger partial charge in [0.05, 0.1) is 24.4 Å². The minimum atomic E-state index is 0.625. The summed E-state index contributed by atoms with van der Waals surface area (Å²) in [5.74, 6) is 0. The van der Waals surface area contributed by atoms with Gasteiger partial charge < -0.3 is 18.9 Å². The molecule has 0 atom stereocenters. The summed E-state index contributed by atoms with van der Waals surface area (Å²) in [4.78, 5) is 11.5. The Labute approximate surface area is 156 Å². The number of ether oxygens (including phenoxy) is 1. The molecule has 26 heavy (non-hydrogen) atoms. The summed E-state index contributed by atoms with van der Waals surface area (Å²) in [5.41, 5.74) is 3.24. The third kappa shape index (κ3) is 3.01. The molecule has 1 aliphatic carbocycles. The van der Waals surface area contributed by atoms with Gasteiger partial charge in [0, 0.05) is 60.7 Å². The second-order valence-electron chi connectivity index (χ2n) is 6.68. The van der Waals surface area contributed by atoms with Gasteiger partial charge in [-0.1, -0.05) is 0 Å². The van der Waals surface area contributed by atoms with Crippen LogP contribution < -0.4 is 9.62 Å². The van der Waals surface area contributed by atoms with Crippen LogP contribution >= 0.6 is 11.9 Å². The van der Waals surface area contributed by atoms with Gasteiger partial charge in [0.1, 0.15) is 0 Å². The van der Waals surface area contributed by atoms with E-state index >= 15 is 0 Å². The van der Waals surface area contributed by atoms with Crippen LogP contribution in [0, 0.1) is 0 Å². The first kappa shape index (κ1) is 16.0. The van der Waals surface area contributed by atoms with E-state index in [4.69, 9.17) is 4.74 Å². The molecule has 1 aliphatic heterocycles. The Kier molecular flexibility index (Phi) is 4.18. The highest BCUT2D eigenvalue weighted by atomic mass is 32.2. The molecule has 0 bridgehead atoms. The second-order valence-corrected chi connectivity index (χ2v) is 7.46. The minimum absolute atomic E-state index is 0.625. The number of nitrogens with one attached hydrogen (secondary N) is 1. The molecule has 0 radical (unpaired) electrons. The summed E-state index contributed by atoms with van der Waals surface area (Å²) < 4.78 is 11.2. The fourth-order valence-corrected chi connectivity index (χ4v) is 4.22. The maximum Gasteiger partial charge on any atom is 0.189 e. The van der Waals surface area contributed by atoms with E-state index < -0.39 is 0 Å². The molecule has 2 fully saturated rings. The first-order valence-electron chi connectivity index (χ1n) is 9.06. The van der Waals surface area contributed by atoms with Gasteiger partial charge in [0.2, 0.25) is 0 Å². The van der Waals surface area contributed by atoms with E-state index in [2.05, 4.69) is 48.6 Å². The lowest BCUT2D eigenvalue weighted by atomic mass is 10.1. The van der Waals surface area contributed by atoms with Crippen molar-refractivity contribution in [2.75, 3.05) is 35.9 Å². The summed E-state index contributed by atoms with van der Waals surface area (Å²) in [6, 6.07) is 9.08. The van der Waals surface area contributed by atoms with Crippen LogP contribution in [0.25, 0.3) is 10.9 Å². The van der Waals surface area contributed by atoms with E-state index in [1.165, 1.54) is 23.9 Å². The highest BCUT2D eigenvalue weighted by Crippen LogP contribution is 2.38. The molecule has 5 rings (SSSR count). The first-order valence-corrected chi connectivity index (χ1v) is 9.88. The smallest absolute Gasteiger partial charge is 0.189 e. The second kappa shape index (κ2) is 6.81. The van der Waals surface area contributed by atoms with E-state index in [-0.39, 0.29) is 0 Å². The van der Waals surface area contributed by atoms with Gasteiger partial charge in [-0.15, -0.1) is 0 Å². The number of hydrogen-bond donors (Lipinski definition) is 1. The highest BCUT2D eigenvalue weighted by molar-refractivity contribution is 8.00. The van der Waals surface area contributed by atoms with Gasteiger partial charge in [-0.05, 0) is 37.1 Å². The Morgan fingerprint density at radius 1 is 1.08 bits per heavy atom. The Balaban J connectivity index is 1.43. The number of benzene rings is 1. The predicted octanol–water partition coefficient (Wildman–Crippen LogP) is 3.72. The molecule has 1 N–H and O–H groups in total. The highest BCUT2D eigenvalue weighted by Gasteiger charge is 2.25. The number of pyridine rings is 1. The van der Waals surface area contributed by atoms with E-state index in [9.17, 15) is 0 Å². The van der Waals surface area contributed by atoms with Crippen molar-refractivity contribution in [3.8, 4) is 0 Å². The van der Waals surface area contributed by atoms with E-state index in [1.54, 1.807) is 11.9 Å². The summed E-state index contributed by atoms with van der Waals surface area (Å²) in [6.07, 6.45) is 8.30. The van der Waals surface area contributed by atoms with E-state index in [0.29, 0.717) is 6.04 Å². The van der Waals surface area contributed by atoms with Crippen LogP contribution in [0.2, 0.25) is 0 Å². The summed E-state index contributed by atoms with van der Waals surface area (Å²) in [7, 11) is 0. The van der Waals surface area contributed by atoms with Crippen LogP contribution in [0.5, 0.6) is 0 Å². The van der Waals surface area contributed by atoms with Crippen LogP contribution in [-0.2, 0) is 4.74 Å². The molecule has 0 unspecified atom stereocenters. The Bertz CT molecular complexity index is 917. The topological polar surface area (TPSA) is 55.2 Å². The van der Waals surface area contributed by atoms with Crippen molar-refractivity contribution >= 4 is 34.2 Å². The SMILES string of the molecule is c1cnc2c(NSc3nccn3C3CC3)ccc(N3CCOCC3)c2c1. The molecule has 1 saturated carbocycles. The molecule has 2 aromatic heterocycles. The Morgan fingerprint density at radius 2 is 1.96 bits per heavy atom. The monoisotopic (exact) mass is 367 g/mol. The molecular formula is C19H21N5OS. The van der Waals surface area contributed by atoms with Crippen LogP contribution in [0.15, 0.2) is 48.0 Å². The third-order valence-corrected chi connectivity index (χ3v) is 5.74. The molecule has 0 spiro atoms. The van der Waals surface area contributed by atoms with E-state index in [1.807, 2.05) is 18.5 Å². The zero-order valence-corrected chi connectivity index (χ0v) is 15.3. The molecule has 7 heteroatoms. The van der Waals surface area contributed by atoms with Crippen molar-refractivity contribution in [2.45, 2.75) is 24.0 Å². The number of fused-ring (bicyclic) bond motifs is 1. The van der Waals surface area contributed by atoms with Gasteiger partial charge in [-0.3, -0.25) is 4.98 Å². The minimum Gasteiger partial charge on any atom is -0.378 e. The third-order valence-electron chi connectivity index (χ3n) is 4.92. The average molecular weight is 367 g/mol. The van der Waals surface area contributed by atoms with Gasteiger partial charge in [-0.25, -0.2) is 4.98 Å². The lowest BCUT2D eigenvalue weighted by Gasteiger charge is -2.30. The fourth-order valence-electron chi connectivity index (χ4n) is 3.43. The zero-order valence-electron chi connectivity index (χ0n) is 14.5. The number of imidazole rings is 1. The fraction of sp³-hybridized carbons (Fsp3) is 0.368. The lowest BCUT2D eigenvalue weighted by Crippen LogP contribution is -2.36. The summed E-state index contributed by atoms with van der Waals surface area (Å²) in [6.45, 7) is 3.40. The molecule has 1 saturated heterocycles.